The molecule has 0 aliphatic carbocycles. The van der Waals surface area contributed by atoms with Gasteiger partial charge in [0.2, 0.25) is 6.41 Å². The Bertz CT molecular complexity index is 145. The number of hydrogen-bond donors (Lipinski definition) is 0. The summed E-state index contributed by atoms with van der Waals surface area (Å²) in [6.07, 6.45) is -0.0579. The zero-order valence-corrected chi connectivity index (χ0v) is 5.03. The fourth-order valence-electron chi connectivity index (χ4n) is 0.674. The summed E-state index contributed by atoms with van der Waals surface area (Å²) in [5.41, 5.74) is 0. The largest absolute Gasteiger partial charge is 0.447 e. The minimum atomic E-state index is -0.544. The van der Waals surface area contributed by atoms with Gasteiger partial charge in [0.05, 0.1) is 6.04 Å². The molecule has 4 nitrogen and oxygen atoms in total. The molecule has 0 aromatic rings. The molecule has 1 saturated heterocycles. The SMILES string of the molecule is C[C@H]1COC(=O)N1C=O. The summed E-state index contributed by atoms with van der Waals surface area (Å²) < 4.78 is 4.52. The van der Waals surface area contributed by atoms with Crippen LogP contribution < -0.4 is 0 Å². The first kappa shape index (κ1) is 6.07. The van der Waals surface area contributed by atoms with Crippen molar-refractivity contribution in [1.82, 2.24) is 4.90 Å². The van der Waals surface area contributed by atoms with Crippen LogP contribution in [-0.4, -0.2) is 30.1 Å². The van der Waals surface area contributed by atoms with E-state index in [4.69, 9.17) is 0 Å². The van der Waals surface area contributed by atoms with E-state index in [1.807, 2.05) is 0 Å². The summed E-state index contributed by atoms with van der Waals surface area (Å²) in [4.78, 5) is 21.6. The molecule has 0 unspecified atom stereocenters. The van der Waals surface area contributed by atoms with E-state index < -0.39 is 6.09 Å². The molecule has 0 aromatic carbocycles. The Hall–Kier alpha value is -1.06. The van der Waals surface area contributed by atoms with E-state index in [2.05, 4.69) is 4.74 Å². The van der Waals surface area contributed by atoms with Gasteiger partial charge in [0.1, 0.15) is 6.61 Å². The van der Waals surface area contributed by atoms with Crippen molar-refractivity contribution in [2.45, 2.75) is 13.0 Å². The lowest BCUT2D eigenvalue weighted by Gasteiger charge is -2.06. The molecule has 0 N–H and O–H groups in total. The summed E-state index contributed by atoms with van der Waals surface area (Å²) in [6, 6.07) is -0.102. The van der Waals surface area contributed by atoms with Crippen LogP contribution in [0.3, 0.4) is 0 Å². The van der Waals surface area contributed by atoms with Gasteiger partial charge in [-0.05, 0) is 6.92 Å². The Morgan fingerprint density at radius 3 is 2.78 bits per heavy atom. The highest BCUT2D eigenvalue weighted by Crippen LogP contribution is 2.07. The third kappa shape index (κ3) is 0.872. The van der Waals surface area contributed by atoms with E-state index in [0.29, 0.717) is 13.0 Å². The highest BCUT2D eigenvalue weighted by Gasteiger charge is 2.28. The van der Waals surface area contributed by atoms with Crippen molar-refractivity contribution in [1.29, 1.82) is 0 Å². The van der Waals surface area contributed by atoms with Gasteiger partial charge in [-0.15, -0.1) is 0 Å². The van der Waals surface area contributed by atoms with Gasteiger partial charge < -0.3 is 4.74 Å². The molecule has 4 heteroatoms. The Morgan fingerprint density at radius 2 is 2.56 bits per heavy atom. The molecule has 9 heavy (non-hydrogen) atoms. The maximum absolute atomic E-state index is 10.5. The topological polar surface area (TPSA) is 46.6 Å². The van der Waals surface area contributed by atoms with Crippen LogP contribution in [0, 0.1) is 0 Å². The van der Waals surface area contributed by atoms with Crippen LogP contribution in [0.1, 0.15) is 6.92 Å². The molecule has 1 fully saturated rings. The molecule has 0 bridgehead atoms. The standard InChI is InChI=1S/C5H7NO3/c1-4-2-9-5(8)6(4)3-7/h3-4H,2H2,1H3/t4-/m0/s1. The molecular weight excluding hydrogens is 122 g/mol. The number of amides is 2. The van der Waals surface area contributed by atoms with E-state index in [1.165, 1.54) is 0 Å². The second-order valence-electron chi connectivity index (χ2n) is 1.94. The predicted octanol–water partition coefficient (Wildman–Crippen LogP) is -0.0165. The maximum atomic E-state index is 10.5. The van der Waals surface area contributed by atoms with E-state index in [-0.39, 0.29) is 6.04 Å². The van der Waals surface area contributed by atoms with E-state index >= 15 is 0 Å². The van der Waals surface area contributed by atoms with Gasteiger partial charge in [-0.3, -0.25) is 4.79 Å². The summed E-state index contributed by atoms with van der Waals surface area (Å²) in [5, 5.41) is 0. The van der Waals surface area contributed by atoms with Crippen LogP contribution in [0.4, 0.5) is 4.79 Å². The first-order valence-electron chi connectivity index (χ1n) is 2.66. The highest BCUT2D eigenvalue weighted by molar-refractivity contribution is 5.82. The smallest absolute Gasteiger partial charge is 0.416 e. The van der Waals surface area contributed by atoms with Gasteiger partial charge in [0, 0.05) is 0 Å². The molecule has 1 heterocycles. The van der Waals surface area contributed by atoms with Gasteiger partial charge in [0.25, 0.3) is 0 Å². The average molecular weight is 129 g/mol. The Labute approximate surface area is 52.4 Å². The summed E-state index contributed by atoms with van der Waals surface area (Å²) in [6.45, 7) is 2.07. The van der Waals surface area contributed by atoms with Crippen LogP contribution in [-0.2, 0) is 9.53 Å². The molecule has 50 valence electrons. The number of hydrogen-bond acceptors (Lipinski definition) is 3. The van der Waals surface area contributed by atoms with Crippen molar-refractivity contribution >= 4 is 12.5 Å². The van der Waals surface area contributed by atoms with Crippen LogP contribution >= 0.6 is 0 Å². The van der Waals surface area contributed by atoms with Crippen LogP contribution in [0.5, 0.6) is 0 Å². The van der Waals surface area contributed by atoms with Crippen molar-refractivity contribution in [2.24, 2.45) is 0 Å². The lowest BCUT2D eigenvalue weighted by molar-refractivity contribution is -0.116. The van der Waals surface area contributed by atoms with Gasteiger partial charge in [-0.2, -0.15) is 0 Å². The molecule has 0 saturated carbocycles. The molecule has 1 atom stereocenters. The van der Waals surface area contributed by atoms with E-state index in [9.17, 15) is 9.59 Å². The monoisotopic (exact) mass is 129 g/mol. The number of rotatable bonds is 1. The van der Waals surface area contributed by atoms with E-state index in [1.54, 1.807) is 6.92 Å². The number of nitrogens with zero attached hydrogens (tertiary/aromatic N) is 1. The number of carbonyl (C=O) groups is 2. The normalized spacial score (nSPS) is 26.1. The second kappa shape index (κ2) is 2.05. The summed E-state index contributed by atoms with van der Waals surface area (Å²) in [5.74, 6) is 0. The fraction of sp³-hybridized carbons (Fsp3) is 0.600. The number of cyclic esters (lactones) is 1. The summed E-state index contributed by atoms with van der Waals surface area (Å²) >= 11 is 0. The van der Waals surface area contributed by atoms with Gasteiger partial charge in [-0.1, -0.05) is 0 Å². The van der Waals surface area contributed by atoms with Crippen molar-refractivity contribution in [2.75, 3.05) is 6.61 Å². The summed E-state index contributed by atoms with van der Waals surface area (Å²) in [7, 11) is 0. The van der Waals surface area contributed by atoms with Gasteiger partial charge in [0.15, 0.2) is 0 Å². The van der Waals surface area contributed by atoms with Crippen LogP contribution in [0.2, 0.25) is 0 Å². The number of ether oxygens (including phenoxy) is 1. The van der Waals surface area contributed by atoms with Crippen molar-refractivity contribution in [3.63, 3.8) is 0 Å². The van der Waals surface area contributed by atoms with Crippen LogP contribution in [0.15, 0.2) is 0 Å². The van der Waals surface area contributed by atoms with Crippen molar-refractivity contribution < 1.29 is 14.3 Å². The molecule has 1 aliphatic rings. The van der Waals surface area contributed by atoms with E-state index in [0.717, 1.165) is 4.90 Å². The maximum Gasteiger partial charge on any atom is 0.416 e. The lowest BCUT2D eigenvalue weighted by Crippen LogP contribution is -2.29. The second-order valence-corrected chi connectivity index (χ2v) is 1.94. The van der Waals surface area contributed by atoms with Crippen molar-refractivity contribution in [3.8, 4) is 0 Å². The van der Waals surface area contributed by atoms with Gasteiger partial charge in [-0.25, -0.2) is 9.69 Å². The zero-order valence-electron chi connectivity index (χ0n) is 5.03. The molecule has 0 aromatic heterocycles. The first-order chi connectivity index (χ1) is 4.25. The Kier molecular flexibility index (Phi) is 1.38. The number of imide groups is 1. The molecule has 0 spiro atoms. The van der Waals surface area contributed by atoms with Gasteiger partial charge >= 0.3 is 6.09 Å². The Balaban J connectivity index is 2.65. The molecule has 2 amide bonds. The third-order valence-corrected chi connectivity index (χ3v) is 1.25. The van der Waals surface area contributed by atoms with Crippen LogP contribution in [0.25, 0.3) is 0 Å². The zero-order chi connectivity index (χ0) is 6.85. The molecular formula is C5H7NO3. The average Bonchev–Trinajstić information content (AvgIpc) is 2.12. The first-order valence-corrected chi connectivity index (χ1v) is 2.66. The molecule has 1 rings (SSSR count). The van der Waals surface area contributed by atoms with Crippen molar-refractivity contribution in [3.05, 3.63) is 0 Å². The fourth-order valence-corrected chi connectivity index (χ4v) is 0.674. The number of carbonyl (C=O) groups excluding carboxylic acids is 2. The molecule has 1 aliphatic heterocycles. The Morgan fingerprint density at radius 1 is 1.89 bits per heavy atom. The minimum absolute atomic E-state index is 0.102. The molecule has 0 radical (unpaired) electrons. The lowest BCUT2D eigenvalue weighted by atomic mass is 10.4. The third-order valence-electron chi connectivity index (χ3n) is 1.25. The highest BCUT2D eigenvalue weighted by atomic mass is 16.6. The quantitative estimate of drug-likeness (QED) is 0.467. The minimum Gasteiger partial charge on any atom is -0.447 e. The predicted molar refractivity (Wildman–Crippen MR) is 28.7 cm³/mol.